The Bertz CT molecular complexity index is 671. The van der Waals surface area contributed by atoms with E-state index in [4.69, 9.17) is 0 Å². The summed E-state index contributed by atoms with van der Waals surface area (Å²) >= 11 is 0. The summed E-state index contributed by atoms with van der Waals surface area (Å²) in [5.74, 6) is -2.28. The van der Waals surface area contributed by atoms with Crippen LogP contribution in [0.2, 0.25) is 0 Å². The Morgan fingerprint density at radius 2 is 1.88 bits per heavy atom. The maximum Gasteiger partial charge on any atom is 0.327 e. The van der Waals surface area contributed by atoms with Crippen molar-refractivity contribution in [2.75, 3.05) is 19.6 Å². The molecule has 128 valence electrons. The highest BCUT2D eigenvalue weighted by Gasteiger charge is 2.44. The van der Waals surface area contributed by atoms with E-state index < -0.39 is 29.5 Å². The molecule has 1 aromatic carbocycles. The summed E-state index contributed by atoms with van der Waals surface area (Å²) in [5.41, 5.74) is -0.106. The molecule has 6 nitrogen and oxygen atoms in total. The number of carbonyl (C=O) groups excluding carboxylic acids is 3. The number of halogens is 2. The van der Waals surface area contributed by atoms with Crippen LogP contribution in [0.3, 0.4) is 0 Å². The Balaban J connectivity index is 1.49. The zero-order chi connectivity index (χ0) is 17.3. The summed E-state index contributed by atoms with van der Waals surface area (Å²) < 4.78 is 26.9. The van der Waals surface area contributed by atoms with E-state index in [9.17, 15) is 23.2 Å². The van der Waals surface area contributed by atoms with Gasteiger partial charge in [-0.1, -0.05) is 6.07 Å². The molecule has 0 atom stereocenters. The monoisotopic (exact) mass is 337 g/mol. The van der Waals surface area contributed by atoms with E-state index in [0.29, 0.717) is 0 Å². The molecule has 3 rings (SSSR count). The first kappa shape index (κ1) is 16.4. The van der Waals surface area contributed by atoms with E-state index in [1.807, 2.05) is 0 Å². The van der Waals surface area contributed by atoms with Gasteiger partial charge >= 0.3 is 6.03 Å². The lowest BCUT2D eigenvalue weighted by atomic mass is 10.1. The summed E-state index contributed by atoms with van der Waals surface area (Å²) in [6.45, 7) is -0.350. The van der Waals surface area contributed by atoms with Gasteiger partial charge in [-0.25, -0.2) is 13.6 Å². The Kier molecular flexibility index (Phi) is 4.46. The van der Waals surface area contributed by atoms with Gasteiger partial charge in [-0.2, -0.15) is 0 Å². The standard InChI is InChI=1S/C16H17F2N3O3/c17-12-2-1-3-13(18)11(12)6-7-19-14(22)8-21-15(23)9-20(16(21)24)10-4-5-10/h1-3,10H,4-9H2,(H,19,22). The fourth-order valence-corrected chi connectivity index (χ4v) is 2.69. The van der Waals surface area contributed by atoms with Crippen LogP contribution in [-0.4, -0.2) is 53.3 Å². The van der Waals surface area contributed by atoms with Crippen molar-refractivity contribution in [3.63, 3.8) is 0 Å². The van der Waals surface area contributed by atoms with E-state index in [0.717, 1.165) is 29.9 Å². The molecule has 0 spiro atoms. The second-order valence-corrected chi connectivity index (χ2v) is 5.92. The summed E-state index contributed by atoms with van der Waals surface area (Å²) in [6.07, 6.45) is 1.75. The molecule has 1 aliphatic heterocycles. The third-order valence-electron chi connectivity index (χ3n) is 4.13. The van der Waals surface area contributed by atoms with Crippen LogP contribution in [0.25, 0.3) is 0 Å². The molecule has 24 heavy (non-hydrogen) atoms. The molecule has 0 bridgehead atoms. The maximum absolute atomic E-state index is 13.5. The van der Waals surface area contributed by atoms with Crippen LogP contribution in [0, 0.1) is 11.6 Å². The Morgan fingerprint density at radius 3 is 2.50 bits per heavy atom. The van der Waals surface area contributed by atoms with Crippen LogP contribution in [0.15, 0.2) is 18.2 Å². The van der Waals surface area contributed by atoms with Gasteiger partial charge in [0.2, 0.25) is 5.91 Å². The lowest BCUT2D eigenvalue weighted by molar-refractivity contribution is -0.130. The SMILES string of the molecule is O=C(CN1C(=O)CN(C2CC2)C1=O)NCCc1c(F)cccc1F. The van der Waals surface area contributed by atoms with Crippen molar-refractivity contribution in [2.24, 2.45) is 0 Å². The fourth-order valence-electron chi connectivity index (χ4n) is 2.69. The predicted octanol–water partition coefficient (Wildman–Crippen LogP) is 1.05. The molecule has 0 unspecified atom stereocenters. The number of nitrogens with one attached hydrogen (secondary N) is 1. The van der Waals surface area contributed by atoms with Crippen molar-refractivity contribution >= 4 is 17.8 Å². The molecule has 1 saturated heterocycles. The summed E-state index contributed by atoms with van der Waals surface area (Å²) in [6, 6.07) is 3.22. The molecule has 1 aliphatic carbocycles. The zero-order valence-corrected chi connectivity index (χ0v) is 12.9. The van der Waals surface area contributed by atoms with Crippen molar-refractivity contribution in [3.8, 4) is 0 Å². The van der Waals surface area contributed by atoms with Gasteiger partial charge in [-0.05, 0) is 31.4 Å². The van der Waals surface area contributed by atoms with Crippen LogP contribution in [0.4, 0.5) is 13.6 Å². The smallest absolute Gasteiger partial charge is 0.327 e. The average molecular weight is 337 g/mol. The maximum atomic E-state index is 13.5. The van der Waals surface area contributed by atoms with Gasteiger partial charge in [-0.15, -0.1) is 0 Å². The first-order valence-electron chi connectivity index (χ1n) is 7.78. The highest BCUT2D eigenvalue weighted by molar-refractivity contribution is 6.04. The third-order valence-corrected chi connectivity index (χ3v) is 4.13. The Labute approximate surface area is 137 Å². The van der Waals surface area contributed by atoms with E-state index >= 15 is 0 Å². The second-order valence-electron chi connectivity index (χ2n) is 5.92. The van der Waals surface area contributed by atoms with Gasteiger partial charge < -0.3 is 10.2 Å². The van der Waals surface area contributed by atoms with Gasteiger partial charge in [0.05, 0.1) is 0 Å². The minimum absolute atomic E-state index is 0.0111. The zero-order valence-electron chi connectivity index (χ0n) is 12.9. The molecule has 0 aromatic heterocycles. The molecule has 1 N–H and O–H groups in total. The van der Waals surface area contributed by atoms with Crippen LogP contribution < -0.4 is 5.32 Å². The lowest BCUT2D eigenvalue weighted by Crippen LogP contribution is -2.42. The van der Waals surface area contributed by atoms with Gasteiger partial charge in [-0.3, -0.25) is 14.5 Å². The van der Waals surface area contributed by atoms with Crippen LogP contribution in [-0.2, 0) is 16.0 Å². The molecule has 4 amide bonds. The number of urea groups is 1. The average Bonchev–Trinajstić information content (AvgIpc) is 3.33. The summed E-state index contributed by atoms with van der Waals surface area (Å²) in [5, 5.41) is 2.48. The van der Waals surface area contributed by atoms with E-state index in [1.54, 1.807) is 0 Å². The summed E-state index contributed by atoms with van der Waals surface area (Å²) in [7, 11) is 0. The van der Waals surface area contributed by atoms with Gasteiger partial charge in [0, 0.05) is 18.2 Å². The van der Waals surface area contributed by atoms with Crippen LogP contribution in [0.5, 0.6) is 0 Å². The van der Waals surface area contributed by atoms with E-state index in [1.165, 1.54) is 11.0 Å². The number of hydrogen-bond donors (Lipinski definition) is 1. The fraction of sp³-hybridized carbons (Fsp3) is 0.438. The largest absolute Gasteiger partial charge is 0.354 e. The third kappa shape index (κ3) is 3.37. The van der Waals surface area contributed by atoms with Crippen LogP contribution in [0.1, 0.15) is 18.4 Å². The lowest BCUT2D eigenvalue weighted by Gasteiger charge is -2.16. The number of rotatable bonds is 6. The van der Waals surface area contributed by atoms with Crippen LogP contribution >= 0.6 is 0 Å². The number of carbonyl (C=O) groups is 3. The number of nitrogens with zero attached hydrogens (tertiary/aromatic N) is 2. The quantitative estimate of drug-likeness (QED) is 0.789. The van der Waals surface area contributed by atoms with E-state index in [2.05, 4.69) is 5.32 Å². The van der Waals surface area contributed by atoms with Crippen molar-refractivity contribution in [3.05, 3.63) is 35.4 Å². The highest BCUT2D eigenvalue weighted by Crippen LogP contribution is 2.30. The molecule has 0 radical (unpaired) electrons. The predicted molar refractivity (Wildman–Crippen MR) is 79.9 cm³/mol. The molecule has 1 saturated carbocycles. The van der Waals surface area contributed by atoms with E-state index in [-0.39, 0.29) is 37.7 Å². The highest BCUT2D eigenvalue weighted by atomic mass is 19.1. The summed E-state index contributed by atoms with van der Waals surface area (Å²) in [4.78, 5) is 38.2. The molecule has 1 aromatic rings. The van der Waals surface area contributed by atoms with Crippen molar-refractivity contribution < 1.29 is 23.2 Å². The minimum atomic E-state index is -0.672. The molecule has 8 heteroatoms. The van der Waals surface area contributed by atoms with Gasteiger partial charge in [0.25, 0.3) is 5.91 Å². The number of imide groups is 1. The molecule has 1 heterocycles. The van der Waals surface area contributed by atoms with Crippen molar-refractivity contribution in [1.29, 1.82) is 0 Å². The van der Waals surface area contributed by atoms with Crippen molar-refractivity contribution in [2.45, 2.75) is 25.3 Å². The first-order valence-corrected chi connectivity index (χ1v) is 7.78. The second kappa shape index (κ2) is 6.54. The van der Waals surface area contributed by atoms with Crippen molar-refractivity contribution in [1.82, 2.24) is 15.1 Å². The van der Waals surface area contributed by atoms with Gasteiger partial charge in [0.15, 0.2) is 0 Å². The Hall–Kier alpha value is -2.51. The normalized spacial score (nSPS) is 17.6. The number of hydrogen-bond acceptors (Lipinski definition) is 3. The molecule has 2 fully saturated rings. The molecule has 2 aliphatic rings. The van der Waals surface area contributed by atoms with Gasteiger partial charge in [0.1, 0.15) is 24.7 Å². The first-order chi connectivity index (χ1) is 11.5. The Morgan fingerprint density at radius 1 is 1.21 bits per heavy atom. The number of benzene rings is 1. The minimum Gasteiger partial charge on any atom is -0.354 e. The topological polar surface area (TPSA) is 69.7 Å². The number of amides is 4. The molecular formula is C16H17F2N3O3. The molecular weight excluding hydrogens is 320 g/mol.